The van der Waals surface area contributed by atoms with Crippen molar-refractivity contribution in [3.63, 3.8) is 0 Å². The Labute approximate surface area is 172 Å². The third-order valence-electron chi connectivity index (χ3n) is 5.54. The Kier molecular flexibility index (Phi) is 4.32. The van der Waals surface area contributed by atoms with Crippen molar-refractivity contribution in [2.45, 2.75) is 12.5 Å². The molecule has 4 aromatic carbocycles. The highest BCUT2D eigenvalue weighted by Gasteiger charge is 2.24. The molecular formula is C24H19N3O3. The summed E-state index contributed by atoms with van der Waals surface area (Å²) in [5.74, 6) is -0.821. The van der Waals surface area contributed by atoms with Crippen molar-refractivity contribution in [3.05, 3.63) is 78.4 Å². The highest BCUT2D eigenvalue weighted by Crippen LogP contribution is 2.35. The van der Waals surface area contributed by atoms with Gasteiger partial charge in [-0.1, -0.05) is 48.5 Å². The van der Waals surface area contributed by atoms with E-state index in [2.05, 4.69) is 39.6 Å². The van der Waals surface area contributed by atoms with Crippen molar-refractivity contribution in [2.75, 3.05) is 7.11 Å². The summed E-state index contributed by atoms with van der Waals surface area (Å²) in [5, 5.41) is 9.24. The molecule has 0 spiro atoms. The summed E-state index contributed by atoms with van der Waals surface area (Å²) in [6, 6.07) is 17.3. The summed E-state index contributed by atoms with van der Waals surface area (Å²) in [7, 11) is 1.31. The number of imidazole rings is 1. The molecule has 5 rings (SSSR count). The monoisotopic (exact) mass is 397 g/mol. The minimum atomic E-state index is -0.818. The molecule has 1 heterocycles. The van der Waals surface area contributed by atoms with E-state index in [9.17, 15) is 9.59 Å². The molecule has 0 saturated carbocycles. The van der Waals surface area contributed by atoms with Gasteiger partial charge in [-0.25, -0.2) is 9.78 Å². The summed E-state index contributed by atoms with van der Waals surface area (Å²) in [5.41, 5.74) is 1.26. The number of amides is 1. The Morgan fingerprint density at radius 3 is 2.40 bits per heavy atom. The van der Waals surface area contributed by atoms with Gasteiger partial charge >= 0.3 is 5.97 Å². The van der Waals surface area contributed by atoms with Crippen LogP contribution >= 0.6 is 0 Å². The lowest BCUT2D eigenvalue weighted by atomic mass is 9.91. The molecule has 0 aliphatic heterocycles. The number of carbonyl (C=O) groups excluding carboxylic acids is 2. The van der Waals surface area contributed by atoms with Crippen LogP contribution in [-0.4, -0.2) is 35.0 Å². The zero-order valence-corrected chi connectivity index (χ0v) is 16.3. The zero-order chi connectivity index (χ0) is 20.7. The number of nitrogens with zero attached hydrogens (tertiary/aromatic N) is 1. The molecule has 30 heavy (non-hydrogen) atoms. The summed E-state index contributed by atoms with van der Waals surface area (Å²) in [6.45, 7) is 0. The molecule has 0 fully saturated rings. The van der Waals surface area contributed by atoms with Crippen molar-refractivity contribution in [2.24, 2.45) is 0 Å². The third-order valence-corrected chi connectivity index (χ3v) is 5.54. The average molecular weight is 397 g/mol. The molecule has 1 amide bonds. The molecule has 1 atom stereocenters. The van der Waals surface area contributed by atoms with E-state index in [-0.39, 0.29) is 12.3 Å². The molecule has 0 bridgehead atoms. The first-order valence-corrected chi connectivity index (χ1v) is 9.68. The molecule has 0 aliphatic rings. The predicted molar refractivity (Wildman–Crippen MR) is 116 cm³/mol. The van der Waals surface area contributed by atoms with Crippen LogP contribution in [0, 0.1) is 0 Å². The van der Waals surface area contributed by atoms with Crippen LogP contribution in [0.3, 0.4) is 0 Å². The predicted octanol–water partition coefficient (Wildman–Crippen LogP) is 3.82. The smallest absolute Gasteiger partial charge is 0.328 e. The van der Waals surface area contributed by atoms with Crippen molar-refractivity contribution in [1.29, 1.82) is 0 Å². The van der Waals surface area contributed by atoms with Gasteiger partial charge in [0.1, 0.15) is 6.04 Å². The van der Waals surface area contributed by atoms with Crippen LogP contribution < -0.4 is 5.32 Å². The zero-order valence-electron chi connectivity index (χ0n) is 16.3. The van der Waals surface area contributed by atoms with E-state index in [1.165, 1.54) is 13.4 Å². The molecular weight excluding hydrogens is 378 g/mol. The Morgan fingerprint density at radius 2 is 1.70 bits per heavy atom. The summed E-state index contributed by atoms with van der Waals surface area (Å²) >= 11 is 0. The van der Waals surface area contributed by atoms with Crippen LogP contribution in [-0.2, 0) is 16.0 Å². The van der Waals surface area contributed by atoms with Gasteiger partial charge < -0.3 is 15.0 Å². The van der Waals surface area contributed by atoms with E-state index in [1.54, 1.807) is 6.20 Å². The number of aromatic amines is 1. The van der Waals surface area contributed by atoms with Crippen LogP contribution in [0.25, 0.3) is 32.3 Å². The van der Waals surface area contributed by atoms with Crippen molar-refractivity contribution in [1.82, 2.24) is 15.3 Å². The largest absolute Gasteiger partial charge is 0.467 e. The van der Waals surface area contributed by atoms with E-state index < -0.39 is 12.0 Å². The number of methoxy groups -OCH3 is 1. The average Bonchev–Trinajstić information content (AvgIpc) is 3.29. The van der Waals surface area contributed by atoms with Gasteiger partial charge in [0.05, 0.1) is 13.4 Å². The second-order valence-electron chi connectivity index (χ2n) is 7.30. The molecule has 1 aromatic heterocycles. The minimum absolute atomic E-state index is 0.268. The molecule has 6 heteroatoms. The molecule has 6 nitrogen and oxygen atoms in total. The number of nitrogens with one attached hydrogen (secondary N) is 2. The fraction of sp³-hybridized carbons (Fsp3) is 0.125. The van der Waals surface area contributed by atoms with Gasteiger partial charge in [-0.05, 0) is 38.4 Å². The molecule has 0 saturated heterocycles. The second kappa shape index (κ2) is 7.15. The fourth-order valence-corrected chi connectivity index (χ4v) is 4.12. The highest BCUT2D eigenvalue weighted by atomic mass is 16.5. The van der Waals surface area contributed by atoms with Gasteiger partial charge in [0, 0.05) is 23.9 Å². The number of rotatable bonds is 5. The maximum Gasteiger partial charge on any atom is 0.328 e. The van der Waals surface area contributed by atoms with Crippen molar-refractivity contribution >= 4 is 44.2 Å². The first-order chi connectivity index (χ1) is 14.7. The first kappa shape index (κ1) is 18.1. The lowest BCUT2D eigenvalue weighted by Crippen LogP contribution is -2.43. The Balaban J connectivity index is 1.57. The van der Waals surface area contributed by atoms with Crippen LogP contribution in [0.4, 0.5) is 0 Å². The van der Waals surface area contributed by atoms with Crippen molar-refractivity contribution in [3.8, 4) is 0 Å². The lowest BCUT2D eigenvalue weighted by molar-refractivity contribution is -0.142. The fourth-order valence-electron chi connectivity index (χ4n) is 4.12. The second-order valence-corrected chi connectivity index (χ2v) is 7.30. The van der Waals surface area contributed by atoms with Gasteiger partial charge in [0.2, 0.25) is 0 Å². The van der Waals surface area contributed by atoms with Gasteiger partial charge in [-0.3, -0.25) is 4.79 Å². The van der Waals surface area contributed by atoms with Gasteiger partial charge in [0.25, 0.3) is 5.91 Å². The highest BCUT2D eigenvalue weighted by molar-refractivity contribution is 6.26. The van der Waals surface area contributed by atoms with Gasteiger partial charge in [0.15, 0.2) is 0 Å². The molecule has 148 valence electrons. The topological polar surface area (TPSA) is 84.1 Å². The molecule has 0 aliphatic carbocycles. The number of hydrogen-bond donors (Lipinski definition) is 2. The van der Waals surface area contributed by atoms with Crippen LogP contribution in [0.1, 0.15) is 16.1 Å². The minimum Gasteiger partial charge on any atom is -0.467 e. The third kappa shape index (κ3) is 2.93. The van der Waals surface area contributed by atoms with Crippen molar-refractivity contribution < 1.29 is 14.3 Å². The molecule has 2 N–H and O–H groups in total. The number of benzene rings is 4. The van der Waals surface area contributed by atoms with E-state index >= 15 is 0 Å². The molecule has 5 aromatic rings. The quantitative estimate of drug-likeness (QED) is 0.349. The Hall–Kier alpha value is -3.93. The number of hydrogen-bond acceptors (Lipinski definition) is 4. The van der Waals surface area contributed by atoms with E-state index in [0.717, 1.165) is 38.0 Å². The Morgan fingerprint density at radius 1 is 1.00 bits per heavy atom. The van der Waals surface area contributed by atoms with Gasteiger partial charge in [-0.15, -0.1) is 0 Å². The number of H-pyrrole nitrogens is 1. The molecule has 0 unspecified atom stereocenters. The van der Waals surface area contributed by atoms with E-state index in [0.29, 0.717) is 5.56 Å². The number of aromatic nitrogens is 2. The van der Waals surface area contributed by atoms with E-state index in [4.69, 9.17) is 4.74 Å². The van der Waals surface area contributed by atoms with Crippen LogP contribution in [0.5, 0.6) is 0 Å². The number of esters is 1. The molecule has 0 radical (unpaired) electrons. The number of ether oxygens (including phenoxy) is 1. The standard InChI is InChI=1S/C24H19N3O3/c1-30-24(29)20(11-17-12-25-13-26-17)27-23(28)19-10-8-16-6-5-14-3-2-4-15-7-9-18(19)22(16)21(14)15/h2-10,12-13,20H,11H2,1H3,(H,25,26)(H,27,28)/t20-/m0/s1. The maximum atomic E-state index is 13.2. The summed E-state index contributed by atoms with van der Waals surface area (Å²) in [4.78, 5) is 32.4. The summed E-state index contributed by atoms with van der Waals surface area (Å²) in [6.07, 6.45) is 3.43. The SMILES string of the molecule is COC(=O)[C@H](Cc1cnc[nH]1)NC(=O)c1ccc2ccc3cccc4ccc1c2c34. The van der Waals surface area contributed by atoms with Gasteiger partial charge in [-0.2, -0.15) is 0 Å². The summed E-state index contributed by atoms with van der Waals surface area (Å²) < 4.78 is 4.89. The van der Waals surface area contributed by atoms with Crippen LogP contribution in [0.15, 0.2) is 67.1 Å². The first-order valence-electron chi connectivity index (χ1n) is 9.68. The maximum absolute atomic E-state index is 13.2. The normalized spacial score (nSPS) is 12.4. The van der Waals surface area contributed by atoms with Crippen LogP contribution in [0.2, 0.25) is 0 Å². The van der Waals surface area contributed by atoms with E-state index in [1.807, 2.05) is 30.3 Å². The Bertz CT molecular complexity index is 1360. The lowest BCUT2D eigenvalue weighted by Gasteiger charge is -2.18. The number of carbonyl (C=O) groups is 2.